The van der Waals surface area contributed by atoms with Gasteiger partial charge in [0.05, 0.1) is 29.8 Å². The van der Waals surface area contributed by atoms with Gasteiger partial charge in [-0.15, -0.1) is 11.8 Å². The summed E-state index contributed by atoms with van der Waals surface area (Å²) in [5.41, 5.74) is 0. The van der Waals surface area contributed by atoms with Crippen LogP contribution in [0.2, 0.25) is 0 Å². The lowest BCUT2D eigenvalue weighted by atomic mass is 9.66. The number of amides is 3. The summed E-state index contributed by atoms with van der Waals surface area (Å²) in [6.45, 7) is 6.78. The summed E-state index contributed by atoms with van der Waals surface area (Å²) >= 11 is 1.67. The lowest BCUT2D eigenvalue weighted by Gasteiger charge is -2.38. The number of rotatable bonds is 8. The number of fused-ring (bicyclic) bond motifs is 1. The van der Waals surface area contributed by atoms with Crippen LogP contribution < -0.4 is 10.6 Å². The van der Waals surface area contributed by atoms with Crippen LogP contribution in [0, 0.1) is 17.8 Å². The third kappa shape index (κ3) is 3.75. The molecule has 4 fully saturated rings. The van der Waals surface area contributed by atoms with Gasteiger partial charge in [0.1, 0.15) is 6.04 Å². The van der Waals surface area contributed by atoms with Crippen molar-refractivity contribution >= 4 is 29.5 Å². The summed E-state index contributed by atoms with van der Waals surface area (Å²) in [5, 5.41) is 15.2. The highest BCUT2D eigenvalue weighted by Crippen LogP contribution is 2.68. The Morgan fingerprint density at radius 2 is 2.00 bits per heavy atom. The zero-order valence-electron chi connectivity index (χ0n) is 18.3. The van der Waals surface area contributed by atoms with Crippen molar-refractivity contribution in [3.63, 3.8) is 0 Å². The minimum absolute atomic E-state index is 0.0446. The van der Waals surface area contributed by atoms with Gasteiger partial charge < -0.3 is 25.4 Å². The largest absolute Gasteiger partial charge is 0.396 e. The predicted octanol–water partition coefficient (Wildman–Crippen LogP) is -1.10. The second-order valence-electron chi connectivity index (χ2n) is 9.02. The Hall–Kier alpha value is -1.36. The van der Waals surface area contributed by atoms with Crippen molar-refractivity contribution in [2.75, 3.05) is 59.6 Å². The van der Waals surface area contributed by atoms with Crippen LogP contribution in [0.4, 0.5) is 0 Å². The van der Waals surface area contributed by atoms with Crippen molar-refractivity contribution in [1.29, 1.82) is 0 Å². The lowest BCUT2D eigenvalue weighted by Crippen LogP contribution is -2.57. The number of hydrogen-bond acceptors (Lipinski definition) is 7. The maximum absolute atomic E-state index is 13.5. The SMILES string of the molecule is CNC(=O)[C@@H]1[C@H]2C(=O)N(CCCO)C(C(=O)NCCN3CCOCC3)C23S[C@@H]1CC3C. The van der Waals surface area contributed by atoms with Gasteiger partial charge in [-0.2, -0.15) is 0 Å². The third-order valence-corrected chi connectivity index (χ3v) is 9.51. The average molecular weight is 455 g/mol. The second-order valence-corrected chi connectivity index (χ2v) is 10.6. The molecule has 0 aromatic rings. The summed E-state index contributed by atoms with van der Waals surface area (Å²) in [5.74, 6) is -1.09. The van der Waals surface area contributed by atoms with Crippen LogP contribution in [0.1, 0.15) is 19.8 Å². The van der Waals surface area contributed by atoms with E-state index in [4.69, 9.17) is 4.74 Å². The molecule has 0 saturated carbocycles. The predicted molar refractivity (Wildman–Crippen MR) is 116 cm³/mol. The van der Waals surface area contributed by atoms with E-state index >= 15 is 0 Å². The van der Waals surface area contributed by atoms with Crippen molar-refractivity contribution in [1.82, 2.24) is 20.4 Å². The van der Waals surface area contributed by atoms with E-state index in [1.54, 1.807) is 23.7 Å². The van der Waals surface area contributed by atoms with E-state index in [-0.39, 0.29) is 35.5 Å². The highest BCUT2D eigenvalue weighted by molar-refractivity contribution is 8.02. The Morgan fingerprint density at radius 3 is 2.68 bits per heavy atom. The number of hydrogen-bond donors (Lipinski definition) is 3. The summed E-state index contributed by atoms with van der Waals surface area (Å²) in [7, 11) is 1.61. The van der Waals surface area contributed by atoms with Gasteiger partial charge in [0.15, 0.2) is 0 Å². The number of carbonyl (C=O) groups excluding carboxylic acids is 3. The van der Waals surface area contributed by atoms with Gasteiger partial charge in [-0.1, -0.05) is 6.92 Å². The van der Waals surface area contributed by atoms with Crippen LogP contribution in [0.25, 0.3) is 0 Å². The maximum atomic E-state index is 13.5. The molecule has 174 valence electrons. The highest BCUT2D eigenvalue weighted by Gasteiger charge is 2.75. The number of thioether (sulfide) groups is 1. The molecular weight excluding hydrogens is 420 g/mol. The fourth-order valence-corrected chi connectivity index (χ4v) is 8.45. The number of nitrogens with one attached hydrogen (secondary N) is 2. The van der Waals surface area contributed by atoms with Crippen molar-refractivity contribution in [3.05, 3.63) is 0 Å². The molecule has 0 radical (unpaired) electrons. The van der Waals surface area contributed by atoms with Crippen molar-refractivity contribution in [2.24, 2.45) is 17.8 Å². The fourth-order valence-electron chi connectivity index (χ4n) is 6.03. The molecule has 0 aromatic heterocycles. The molecule has 9 nitrogen and oxygen atoms in total. The van der Waals surface area contributed by atoms with Gasteiger partial charge in [-0.3, -0.25) is 19.3 Å². The molecule has 4 aliphatic heterocycles. The number of carbonyl (C=O) groups is 3. The van der Waals surface area contributed by atoms with Gasteiger partial charge in [0.25, 0.3) is 0 Å². The molecule has 2 bridgehead atoms. The van der Waals surface area contributed by atoms with Gasteiger partial charge in [0, 0.05) is 51.6 Å². The van der Waals surface area contributed by atoms with Crippen LogP contribution in [-0.4, -0.2) is 108 Å². The molecular formula is C21H34N4O5S. The Balaban J connectivity index is 1.55. The van der Waals surface area contributed by atoms with E-state index in [0.29, 0.717) is 32.7 Å². The molecule has 10 heteroatoms. The Labute approximate surface area is 187 Å². The number of aliphatic hydroxyl groups excluding tert-OH is 1. The van der Waals surface area contributed by atoms with Crippen molar-refractivity contribution < 1.29 is 24.2 Å². The lowest BCUT2D eigenvalue weighted by molar-refractivity contribution is -0.140. The first kappa shape index (κ1) is 22.8. The fraction of sp³-hybridized carbons (Fsp3) is 0.857. The second kappa shape index (κ2) is 9.25. The van der Waals surface area contributed by atoms with Crippen LogP contribution in [0.3, 0.4) is 0 Å². The standard InChI is InChI=1S/C21H34N4O5S/c1-13-12-14-15(18(27)22-2)16-20(29)25(5-3-9-26)17(21(13,16)31-14)19(28)23-4-6-24-7-10-30-11-8-24/h13-17,26H,3-12H2,1-2H3,(H,22,27)(H,23,28)/t13?,14-,15+,16+,17?,21?/m1/s1. The van der Waals surface area contributed by atoms with Gasteiger partial charge in [-0.25, -0.2) is 0 Å². The number of nitrogens with zero attached hydrogens (tertiary/aromatic N) is 2. The monoisotopic (exact) mass is 454 g/mol. The molecule has 0 aliphatic carbocycles. The maximum Gasteiger partial charge on any atom is 0.244 e. The molecule has 4 aliphatic rings. The molecule has 3 unspecified atom stereocenters. The highest BCUT2D eigenvalue weighted by atomic mass is 32.2. The zero-order chi connectivity index (χ0) is 22.2. The first-order chi connectivity index (χ1) is 15.0. The van der Waals surface area contributed by atoms with Crippen molar-refractivity contribution in [3.8, 4) is 0 Å². The van der Waals surface area contributed by atoms with Crippen LogP contribution in [-0.2, 0) is 19.1 Å². The smallest absolute Gasteiger partial charge is 0.244 e. The average Bonchev–Trinajstić information content (AvgIpc) is 3.36. The van der Waals surface area contributed by atoms with E-state index in [0.717, 1.165) is 26.1 Å². The van der Waals surface area contributed by atoms with Crippen LogP contribution in [0.5, 0.6) is 0 Å². The van der Waals surface area contributed by atoms with Crippen LogP contribution in [0.15, 0.2) is 0 Å². The van der Waals surface area contributed by atoms with Gasteiger partial charge in [0.2, 0.25) is 17.7 Å². The number of likely N-dealkylation sites (tertiary alicyclic amines) is 1. The van der Waals surface area contributed by atoms with E-state index < -0.39 is 22.6 Å². The molecule has 1 spiro atoms. The Kier molecular flexibility index (Phi) is 6.81. The molecule has 4 saturated heterocycles. The normalized spacial score (nSPS) is 37.2. The van der Waals surface area contributed by atoms with E-state index in [9.17, 15) is 19.5 Å². The molecule has 3 amide bonds. The number of ether oxygens (including phenoxy) is 1. The summed E-state index contributed by atoms with van der Waals surface area (Å²) in [6.07, 6.45) is 1.25. The summed E-state index contributed by atoms with van der Waals surface area (Å²) in [6, 6.07) is -0.610. The topological polar surface area (TPSA) is 111 Å². The summed E-state index contributed by atoms with van der Waals surface area (Å²) < 4.78 is 4.79. The van der Waals surface area contributed by atoms with Gasteiger partial charge in [-0.05, 0) is 18.8 Å². The zero-order valence-corrected chi connectivity index (χ0v) is 19.2. The molecule has 4 heterocycles. The molecule has 0 aromatic carbocycles. The molecule has 31 heavy (non-hydrogen) atoms. The minimum atomic E-state index is -0.610. The van der Waals surface area contributed by atoms with E-state index in [1.807, 2.05) is 0 Å². The number of aliphatic hydroxyl groups is 1. The van der Waals surface area contributed by atoms with E-state index in [1.165, 1.54) is 0 Å². The van der Waals surface area contributed by atoms with Crippen LogP contribution >= 0.6 is 11.8 Å². The Bertz CT molecular complexity index is 718. The quantitative estimate of drug-likeness (QED) is 0.427. The summed E-state index contributed by atoms with van der Waals surface area (Å²) in [4.78, 5) is 43.6. The van der Waals surface area contributed by atoms with Crippen molar-refractivity contribution in [2.45, 2.75) is 35.8 Å². The first-order valence-corrected chi connectivity index (χ1v) is 12.2. The molecule has 4 rings (SSSR count). The first-order valence-electron chi connectivity index (χ1n) is 11.3. The minimum Gasteiger partial charge on any atom is -0.396 e. The van der Waals surface area contributed by atoms with Gasteiger partial charge >= 0.3 is 0 Å². The molecule has 3 N–H and O–H groups in total. The molecule has 6 atom stereocenters. The number of morpholine rings is 1. The Morgan fingerprint density at radius 1 is 1.26 bits per heavy atom. The van der Waals surface area contributed by atoms with E-state index in [2.05, 4.69) is 22.5 Å². The third-order valence-electron chi connectivity index (χ3n) is 7.43.